The van der Waals surface area contributed by atoms with Crippen molar-refractivity contribution in [3.05, 3.63) is 63.7 Å². The van der Waals surface area contributed by atoms with Gasteiger partial charge in [0.15, 0.2) is 0 Å². The van der Waals surface area contributed by atoms with E-state index in [2.05, 4.69) is 5.32 Å². The van der Waals surface area contributed by atoms with Crippen LogP contribution in [0.4, 0.5) is 11.4 Å². The van der Waals surface area contributed by atoms with Gasteiger partial charge in [-0.15, -0.1) is 0 Å². The highest BCUT2D eigenvalue weighted by Gasteiger charge is 2.39. The van der Waals surface area contributed by atoms with E-state index in [0.717, 1.165) is 4.31 Å². The Labute approximate surface area is 160 Å². The summed E-state index contributed by atoms with van der Waals surface area (Å²) in [6.07, 6.45) is 0.848. The minimum atomic E-state index is -3.89. The molecule has 0 aliphatic carbocycles. The van der Waals surface area contributed by atoms with Gasteiger partial charge in [-0.05, 0) is 43.2 Å². The molecule has 0 aromatic heterocycles. The van der Waals surface area contributed by atoms with E-state index < -0.39 is 26.9 Å². The number of nitro benzene ring substituents is 1. The van der Waals surface area contributed by atoms with E-state index in [1.807, 2.05) is 0 Å². The molecule has 1 saturated heterocycles. The summed E-state index contributed by atoms with van der Waals surface area (Å²) < 4.78 is 26.9. The maximum absolute atomic E-state index is 12.9. The van der Waals surface area contributed by atoms with Crippen LogP contribution in [-0.4, -0.2) is 36.1 Å². The minimum absolute atomic E-state index is 0.0308. The summed E-state index contributed by atoms with van der Waals surface area (Å²) >= 11 is 5.80. The minimum Gasteiger partial charge on any atom is -0.319 e. The lowest BCUT2D eigenvalue weighted by molar-refractivity contribution is -0.383. The summed E-state index contributed by atoms with van der Waals surface area (Å²) in [4.78, 5) is 23.2. The zero-order valence-corrected chi connectivity index (χ0v) is 15.6. The first-order valence-electron chi connectivity index (χ1n) is 8.12. The molecule has 0 spiro atoms. The van der Waals surface area contributed by atoms with Crippen LogP contribution in [0.5, 0.6) is 0 Å². The first-order chi connectivity index (χ1) is 12.8. The molecule has 1 N–H and O–H groups in total. The van der Waals surface area contributed by atoms with Crippen molar-refractivity contribution in [1.29, 1.82) is 0 Å². The number of halogens is 1. The Kier molecular flexibility index (Phi) is 5.45. The first kappa shape index (κ1) is 19.3. The third kappa shape index (κ3) is 3.95. The zero-order chi connectivity index (χ0) is 19.6. The SMILES string of the molecule is O=C(Nc1ccccc1[N+](=O)[O-])[C@H]1CCCN1S(=O)(=O)c1ccc(Cl)cc1. The second-order valence-electron chi connectivity index (χ2n) is 5.99. The Morgan fingerprint density at radius 3 is 2.52 bits per heavy atom. The molecule has 0 bridgehead atoms. The monoisotopic (exact) mass is 409 g/mol. The smallest absolute Gasteiger partial charge is 0.292 e. The predicted molar refractivity (Wildman–Crippen MR) is 100 cm³/mol. The van der Waals surface area contributed by atoms with E-state index in [0.29, 0.717) is 17.9 Å². The number of hydrogen-bond donors (Lipinski definition) is 1. The van der Waals surface area contributed by atoms with Gasteiger partial charge >= 0.3 is 0 Å². The second kappa shape index (κ2) is 7.63. The zero-order valence-electron chi connectivity index (χ0n) is 14.0. The summed E-state index contributed by atoms with van der Waals surface area (Å²) in [5, 5.41) is 14.0. The molecule has 0 saturated carbocycles. The quantitative estimate of drug-likeness (QED) is 0.602. The van der Waals surface area contributed by atoms with Gasteiger partial charge in [-0.1, -0.05) is 23.7 Å². The van der Waals surface area contributed by atoms with Gasteiger partial charge in [0.05, 0.1) is 9.82 Å². The van der Waals surface area contributed by atoms with E-state index in [1.54, 1.807) is 6.07 Å². The highest BCUT2D eigenvalue weighted by molar-refractivity contribution is 7.89. The first-order valence-corrected chi connectivity index (χ1v) is 9.94. The third-order valence-corrected chi connectivity index (χ3v) is 6.46. The van der Waals surface area contributed by atoms with Crippen molar-refractivity contribution in [3.63, 3.8) is 0 Å². The second-order valence-corrected chi connectivity index (χ2v) is 8.32. The van der Waals surface area contributed by atoms with Gasteiger partial charge in [0.25, 0.3) is 5.69 Å². The summed E-state index contributed by atoms with van der Waals surface area (Å²) in [6.45, 7) is 0.194. The van der Waals surface area contributed by atoms with E-state index in [-0.39, 0.29) is 22.8 Å². The predicted octanol–water partition coefficient (Wildman–Crippen LogP) is 3.04. The molecule has 1 fully saturated rings. The molecule has 1 aliphatic heterocycles. The molecule has 8 nitrogen and oxygen atoms in total. The van der Waals surface area contributed by atoms with Crippen molar-refractivity contribution < 1.29 is 18.1 Å². The van der Waals surface area contributed by atoms with Gasteiger partial charge in [0.2, 0.25) is 15.9 Å². The molecule has 2 aromatic carbocycles. The normalized spacial score (nSPS) is 17.6. The average molecular weight is 410 g/mol. The summed E-state index contributed by atoms with van der Waals surface area (Å²) in [5.41, 5.74) is -0.223. The number of hydrogen-bond acceptors (Lipinski definition) is 5. The van der Waals surface area contributed by atoms with Gasteiger partial charge in [-0.25, -0.2) is 8.42 Å². The molecule has 1 amide bonds. The van der Waals surface area contributed by atoms with Crippen molar-refractivity contribution in [2.45, 2.75) is 23.8 Å². The lowest BCUT2D eigenvalue weighted by atomic mass is 10.2. The van der Waals surface area contributed by atoms with Gasteiger partial charge < -0.3 is 5.32 Å². The maximum atomic E-state index is 12.9. The van der Waals surface area contributed by atoms with Crippen LogP contribution in [0.2, 0.25) is 5.02 Å². The lowest BCUT2D eigenvalue weighted by Crippen LogP contribution is -2.43. The van der Waals surface area contributed by atoms with Gasteiger partial charge in [0, 0.05) is 17.6 Å². The molecule has 2 aromatic rings. The number of para-hydroxylation sites is 2. The Balaban J connectivity index is 1.85. The molecule has 3 rings (SSSR count). The summed E-state index contributed by atoms with van der Waals surface area (Å²) in [6, 6.07) is 10.5. The number of nitrogens with one attached hydrogen (secondary N) is 1. The molecule has 1 heterocycles. The molecule has 1 aliphatic rings. The van der Waals surface area contributed by atoms with E-state index in [1.165, 1.54) is 42.5 Å². The van der Waals surface area contributed by atoms with Crippen molar-refractivity contribution in [2.75, 3.05) is 11.9 Å². The van der Waals surface area contributed by atoms with Crippen LogP contribution >= 0.6 is 11.6 Å². The topological polar surface area (TPSA) is 110 Å². The third-order valence-electron chi connectivity index (χ3n) is 4.29. The fraction of sp³-hybridized carbons (Fsp3) is 0.235. The van der Waals surface area contributed by atoms with E-state index in [9.17, 15) is 23.3 Å². The van der Waals surface area contributed by atoms with Crippen LogP contribution in [0, 0.1) is 10.1 Å². The van der Waals surface area contributed by atoms with E-state index in [4.69, 9.17) is 11.6 Å². The summed E-state index contributed by atoms with van der Waals surface area (Å²) in [7, 11) is -3.89. The highest BCUT2D eigenvalue weighted by atomic mass is 35.5. The number of carbonyl (C=O) groups is 1. The molecule has 10 heteroatoms. The molecular weight excluding hydrogens is 394 g/mol. The van der Waals surface area contributed by atoms with Crippen LogP contribution < -0.4 is 5.32 Å². The molecule has 0 radical (unpaired) electrons. The van der Waals surface area contributed by atoms with Crippen molar-refractivity contribution in [3.8, 4) is 0 Å². The number of nitro groups is 1. The number of nitrogens with zero attached hydrogens (tertiary/aromatic N) is 2. The maximum Gasteiger partial charge on any atom is 0.292 e. The van der Waals surface area contributed by atoms with Crippen LogP contribution in [0.1, 0.15) is 12.8 Å². The Morgan fingerprint density at radius 2 is 1.85 bits per heavy atom. The molecule has 1 atom stereocenters. The standard InChI is InChI=1S/C17H16ClN3O5S/c18-12-7-9-13(10-8-12)27(25,26)20-11-3-6-16(20)17(22)19-14-4-1-2-5-15(14)21(23)24/h1-2,4-5,7-10,16H,3,6,11H2,(H,19,22)/t16-/m1/s1. The number of carbonyl (C=O) groups excluding carboxylic acids is 1. The molecule has 142 valence electrons. The molecule has 0 unspecified atom stereocenters. The van der Waals surface area contributed by atoms with Crippen LogP contribution in [-0.2, 0) is 14.8 Å². The van der Waals surface area contributed by atoms with E-state index >= 15 is 0 Å². The Morgan fingerprint density at radius 1 is 1.19 bits per heavy atom. The number of anilines is 1. The average Bonchev–Trinajstić information content (AvgIpc) is 3.13. The Hall–Kier alpha value is -2.49. The Bertz CT molecular complexity index is 978. The largest absolute Gasteiger partial charge is 0.319 e. The number of amides is 1. The van der Waals surface area contributed by atoms with Crippen molar-refractivity contribution in [2.24, 2.45) is 0 Å². The van der Waals surface area contributed by atoms with Crippen LogP contribution in [0.15, 0.2) is 53.4 Å². The van der Waals surface area contributed by atoms with Gasteiger partial charge in [-0.3, -0.25) is 14.9 Å². The fourth-order valence-electron chi connectivity index (χ4n) is 2.99. The van der Waals surface area contributed by atoms with Crippen molar-refractivity contribution >= 4 is 38.9 Å². The molecule has 27 heavy (non-hydrogen) atoms. The van der Waals surface area contributed by atoms with Gasteiger partial charge in [-0.2, -0.15) is 4.31 Å². The van der Waals surface area contributed by atoms with Gasteiger partial charge in [0.1, 0.15) is 11.7 Å². The number of benzene rings is 2. The highest BCUT2D eigenvalue weighted by Crippen LogP contribution is 2.29. The fourth-order valence-corrected chi connectivity index (χ4v) is 4.77. The molecular formula is C17H16ClN3O5S. The van der Waals surface area contributed by atoms with Crippen LogP contribution in [0.25, 0.3) is 0 Å². The number of sulfonamides is 1. The van der Waals surface area contributed by atoms with Crippen molar-refractivity contribution in [1.82, 2.24) is 4.31 Å². The number of rotatable bonds is 5. The van der Waals surface area contributed by atoms with Crippen LogP contribution in [0.3, 0.4) is 0 Å². The summed E-state index contributed by atoms with van der Waals surface area (Å²) in [5.74, 6) is -0.598. The lowest BCUT2D eigenvalue weighted by Gasteiger charge is -2.23.